The Hall–Kier alpha value is -3.52. The van der Waals surface area contributed by atoms with E-state index in [4.69, 9.17) is 9.47 Å². The molecule has 8 heteroatoms. The van der Waals surface area contributed by atoms with Crippen molar-refractivity contribution in [1.82, 2.24) is 9.80 Å². The number of benzene rings is 2. The fourth-order valence-electron chi connectivity index (χ4n) is 4.71. The van der Waals surface area contributed by atoms with Crippen LogP contribution in [-0.2, 0) is 11.2 Å². The highest BCUT2D eigenvalue weighted by molar-refractivity contribution is 7.10. The predicted molar refractivity (Wildman–Crippen MR) is 145 cm³/mol. The minimum Gasteiger partial charge on any atom is -0.493 e. The van der Waals surface area contributed by atoms with Gasteiger partial charge in [-0.05, 0) is 73.4 Å². The molecule has 3 aromatic rings. The van der Waals surface area contributed by atoms with Crippen LogP contribution in [0.5, 0.6) is 11.5 Å². The molecule has 0 bridgehead atoms. The highest BCUT2D eigenvalue weighted by atomic mass is 32.1. The fourth-order valence-corrected chi connectivity index (χ4v) is 5.63. The van der Waals surface area contributed by atoms with Crippen LogP contribution >= 0.6 is 11.3 Å². The Labute approximate surface area is 222 Å². The third kappa shape index (κ3) is 6.07. The molecule has 1 atom stereocenters. The maximum Gasteiger partial charge on any atom is 0.322 e. The molecule has 2 aromatic carbocycles. The number of amides is 3. The van der Waals surface area contributed by atoms with Crippen molar-refractivity contribution in [1.29, 1.82) is 0 Å². The summed E-state index contributed by atoms with van der Waals surface area (Å²) in [5, 5.41) is 5.04. The molecule has 1 N–H and O–H groups in total. The maximum atomic E-state index is 13.7. The number of para-hydroxylation sites is 2. The Morgan fingerprint density at radius 1 is 1.08 bits per heavy atom. The Kier molecular flexibility index (Phi) is 7.65. The zero-order valence-electron chi connectivity index (χ0n) is 21.3. The summed E-state index contributed by atoms with van der Waals surface area (Å²) in [4.78, 5) is 31.8. The van der Waals surface area contributed by atoms with E-state index < -0.39 is 0 Å². The van der Waals surface area contributed by atoms with Crippen LogP contribution in [0.3, 0.4) is 0 Å². The van der Waals surface area contributed by atoms with Gasteiger partial charge in [0.2, 0.25) is 5.91 Å². The van der Waals surface area contributed by atoms with Crippen molar-refractivity contribution in [3.8, 4) is 11.5 Å². The second kappa shape index (κ2) is 11.3. The van der Waals surface area contributed by atoms with Gasteiger partial charge in [0.05, 0.1) is 13.2 Å². The van der Waals surface area contributed by atoms with Crippen molar-refractivity contribution in [2.24, 2.45) is 5.92 Å². The number of methoxy groups -OCH3 is 1. The number of rotatable bonds is 9. The SMILES string of the molecule is COc1ccccc1OCC1c2ccsc2CCN1C(=O)CN(CC1CC1)C(=O)Nc1ccc(C)cc1. The number of anilines is 1. The normalized spacial score (nSPS) is 16.6. The first-order valence-corrected chi connectivity index (χ1v) is 13.6. The summed E-state index contributed by atoms with van der Waals surface area (Å²) < 4.78 is 11.6. The van der Waals surface area contributed by atoms with Crippen molar-refractivity contribution in [2.45, 2.75) is 32.2 Å². The van der Waals surface area contributed by atoms with Crippen molar-refractivity contribution in [3.05, 3.63) is 76.0 Å². The van der Waals surface area contributed by atoms with Gasteiger partial charge in [0, 0.05) is 23.7 Å². The van der Waals surface area contributed by atoms with E-state index in [-0.39, 0.29) is 24.5 Å². The average molecular weight is 520 g/mol. The summed E-state index contributed by atoms with van der Waals surface area (Å²) >= 11 is 1.72. The van der Waals surface area contributed by atoms with Gasteiger partial charge in [-0.3, -0.25) is 4.79 Å². The van der Waals surface area contributed by atoms with Gasteiger partial charge in [0.15, 0.2) is 11.5 Å². The van der Waals surface area contributed by atoms with E-state index in [1.807, 2.05) is 60.4 Å². The standard InChI is InChI=1S/C29H33N3O4S/c1-20-7-11-22(12-8-20)30-29(34)31(17-21-9-10-21)18-28(33)32-15-13-27-23(14-16-37-27)24(32)19-36-26-6-4-3-5-25(26)35-2/h3-8,11-12,14,16,21,24H,9-10,13,15,17-19H2,1-2H3,(H,30,34). The number of thiophene rings is 1. The molecule has 2 heterocycles. The second-order valence-electron chi connectivity index (χ2n) is 9.73. The Balaban J connectivity index is 1.31. The van der Waals surface area contributed by atoms with Crippen molar-refractivity contribution in [2.75, 3.05) is 38.7 Å². The summed E-state index contributed by atoms with van der Waals surface area (Å²) in [7, 11) is 1.62. The number of nitrogens with zero attached hydrogens (tertiary/aromatic N) is 2. The number of hydrogen-bond donors (Lipinski definition) is 1. The lowest BCUT2D eigenvalue weighted by Gasteiger charge is -2.37. The number of ether oxygens (including phenoxy) is 2. The highest BCUT2D eigenvalue weighted by Gasteiger charge is 2.35. The summed E-state index contributed by atoms with van der Waals surface area (Å²) in [5.74, 6) is 1.70. The fraction of sp³-hybridized carbons (Fsp3) is 0.379. The van der Waals surface area contributed by atoms with Gasteiger partial charge < -0.3 is 24.6 Å². The van der Waals surface area contributed by atoms with Crippen LogP contribution < -0.4 is 14.8 Å². The number of hydrogen-bond acceptors (Lipinski definition) is 5. The minimum atomic E-state index is -0.237. The average Bonchev–Trinajstić information content (AvgIpc) is 3.60. The van der Waals surface area contributed by atoms with Crippen molar-refractivity contribution in [3.63, 3.8) is 0 Å². The largest absolute Gasteiger partial charge is 0.493 e. The molecule has 2 aliphatic rings. The quantitative estimate of drug-likeness (QED) is 0.405. The van der Waals surface area contributed by atoms with Crippen molar-refractivity contribution < 1.29 is 19.1 Å². The van der Waals surface area contributed by atoms with E-state index in [0.717, 1.165) is 36.1 Å². The summed E-state index contributed by atoms with van der Waals surface area (Å²) in [6.07, 6.45) is 3.00. The van der Waals surface area contributed by atoms with Gasteiger partial charge in [-0.25, -0.2) is 4.79 Å². The number of fused-ring (bicyclic) bond motifs is 1. The molecule has 1 unspecified atom stereocenters. The zero-order chi connectivity index (χ0) is 25.8. The van der Waals surface area contributed by atoms with Crippen LogP contribution in [0.1, 0.15) is 34.9 Å². The first-order chi connectivity index (χ1) is 18.0. The highest BCUT2D eigenvalue weighted by Crippen LogP contribution is 2.36. The van der Waals surface area contributed by atoms with Gasteiger partial charge in [0.1, 0.15) is 13.2 Å². The van der Waals surface area contributed by atoms with Gasteiger partial charge >= 0.3 is 6.03 Å². The lowest BCUT2D eigenvalue weighted by molar-refractivity contribution is -0.135. The van der Waals surface area contributed by atoms with Gasteiger partial charge in [-0.15, -0.1) is 11.3 Å². The van der Waals surface area contributed by atoms with Crippen LogP contribution in [0.25, 0.3) is 0 Å². The molecule has 3 amide bonds. The van der Waals surface area contributed by atoms with Gasteiger partial charge in [-0.2, -0.15) is 0 Å². The zero-order valence-corrected chi connectivity index (χ0v) is 22.1. The number of nitrogens with one attached hydrogen (secondary N) is 1. The van der Waals surface area contributed by atoms with Crippen LogP contribution in [0.2, 0.25) is 0 Å². The van der Waals surface area contributed by atoms with Crippen LogP contribution in [-0.4, -0.2) is 55.1 Å². The minimum absolute atomic E-state index is 0.0405. The molecule has 1 saturated carbocycles. The third-order valence-electron chi connectivity index (χ3n) is 6.97. The number of urea groups is 1. The van der Waals surface area contributed by atoms with E-state index in [9.17, 15) is 9.59 Å². The van der Waals surface area contributed by atoms with E-state index in [0.29, 0.717) is 37.1 Å². The molecule has 1 aliphatic carbocycles. The summed E-state index contributed by atoms with van der Waals surface area (Å²) in [6, 6.07) is 16.9. The van der Waals surface area contributed by atoms with E-state index in [1.165, 1.54) is 4.88 Å². The summed E-state index contributed by atoms with van der Waals surface area (Å²) in [5.41, 5.74) is 2.98. The first-order valence-electron chi connectivity index (χ1n) is 12.8. The second-order valence-corrected chi connectivity index (χ2v) is 10.7. The molecule has 194 valence electrons. The molecule has 1 aliphatic heterocycles. The molecule has 0 saturated heterocycles. The molecular weight excluding hydrogens is 486 g/mol. The Morgan fingerprint density at radius 2 is 1.84 bits per heavy atom. The van der Waals surface area contributed by atoms with Crippen LogP contribution in [0, 0.1) is 12.8 Å². The lowest BCUT2D eigenvalue weighted by atomic mass is 10.0. The van der Waals surface area contributed by atoms with Crippen molar-refractivity contribution >= 4 is 29.0 Å². The molecule has 0 spiro atoms. The van der Waals surface area contributed by atoms with E-state index in [2.05, 4.69) is 16.8 Å². The monoisotopic (exact) mass is 519 g/mol. The topological polar surface area (TPSA) is 71.1 Å². The predicted octanol–water partition coefficient (Wildman–Crippen LogP) is 5.51. The number of carbonyl (C=O) groups excluding carboxylic acids is 2. The number of aryl methyl sites for hydroxylation is 1. The van der Waals surface area contributed by atoms with E-state index >= 15 is 0 Å². The molecule has 7 nitrogen and oxygen atoms in total. The van der Waals surface area contributed by atoms with E-state index in [1.54, 1.807) is 23.3 Å². The first kappa shape index (κ1) is 25.1. The van der Waals surface area contributed by atoms with Gasteiger partial charge in [0.25, 0.3) is 0 Å². The molecule has 37 heavy (non-hydrogen) atoms. The van der Waals surface area contributed by atoms with Crippen LogP contribution in [0.4, 0.5) is 10.5 Å². The maximum absolute atomic E-state index is 13.7. The summed E-state index contributed by atoms with van der Waals surface area (Å²) in [6.45, 7) is 3.55. The smallest absolute Gasteiger partial charge is 0.322 e. The van der Waals surface area contributed by atoms with Gasteiger partial charge in [-0.1, -0.05) is 29.8 Å². The van der Waals surface area contributed by atoms with Crippen LogP contribution in [0.15, 0.2) is 60.0 Å². The number of carbonyl (C=O) groups is 2. The lowest BCUT2D eigenvalue weighted by Crippen LogP contribution is -2.49. The Bertz CT molecular complexity index is 1240. The molecule has 1 aromatic heterocycles. The third-order valence-corrected chi connectivity index (χ3v) is 7.97. The molecule has 1 fully saturated rings. The molecular formula is C29H33N3O4S. The Morgan fingerprint density at radius 3 is 2.57 bits per heavy atom. The molecule has 5 rings (SSSR count). The molecule has 0 radical (unpaired) electrons.